The van der Waals surface area contributed by atoms with Gasteiger partial charge in [0.15, 0.2) is 0 Å². The van der Waals surface area contributed by atoms with E-state index in [1.807, 2.05) is 0 Å². The van der Waals surface area contributed by atoms with Crippen molar-refractivity contribution in [3.8, 4) is 5.75 Å². The Balaban J connectivity index is 0.00000256. The quantitative estimate of drug-likeness (QED) is 0.330. The number of hydrogen-bond donors (Lipinski definition) is 1. The largest absolute Gasteiger partial charge is 0.491 e. The van der Waals surface area contributed by atoms with Crippen LogP contribution in [0.15, 0.2) is 22.7 Å². The standard InChI is InChI=1S/C26H43BrN2O.2ClH/c1-4-28-24-9-7-21(8-10-24)6-5-15-29-16-13-22(14-17-29)18-23-19-25(30-20(2)3)11-12-26(23)27;;/h11-12,19-22,24,28H,4-10,13-18H2,1-3H3;2*1H/t21-,24-;;. The second-order valence-electron chi connectivity index (χ2n) is 9.83. The lowest BCUT2D eigenvalue weighted by Crippen LogP contribution is -2.35. The van der Waals surface area contributed by atoms with Crippen LogP contribution in [0.25, 0.3) is 0 Å². The molecule has 0 unspecified atom stereocenters. The molecule has 186 valence electrons. The molecule has 32 heavy (non-hydrogen) atoms. The topological polar surface area (TPSA) is 24.5 Å². The van der Waals surface area contributed by atoms with Gasteiger partial charge in [-0.05, 0) is 133 Å². The average molecular weight is 552 g/mol. The summed E-state index contributed by atoms with van der Waals surface area (Å²) in [5.74, 6) is 2.78. The van der Waals surface area contributed by atoms with Crippen molar-refractivity contribution < 1.29 is 4.74 Å². The molecule has 3 rings (SSSR count). The maximum Gasteiger partial charge on any atom is 0.120 e. The van der Waals surface area contributed by atoms with Gasteiger partial charge in [-0.3, -0.25) is 0 Å². The van der Waals surface area contributed by atoms with Gasteiger partial charge in [0.05, 0.1) is 6.10 Å². The van der Waals surface area contributed by atoms with Crippen LogP contribution >= 0.6 is 40.7 Å². The highest BCUT2D eigenvalue weighted by atomic mass is 79.9. The van der Waals surface area contributed by atoms with Crippen molar-refractivity contribution in [2.75, 3.05) is 26.2 Å². The molecule has 1 saturated carbocycles. The van der Waals surface area contributed by atoms with E-state index in [0.717, 1.165) is 30.2 Å². The molecule has 1 aromatic rings. The zero-order valence-electron chi connectivity index (χ0n) is 20.3. The number of halogens is 3. The summed E-state index contributed by atoms with van der Waals surface area (Å²) in [6.07, 6.45) is 12.5. The minimum absolute atomic E-state index is 0. The summed E-state index contributed by atoms with van der Waals surface area (Å²) >= 11 is 3.75. The molecule has 2 aliphatic rings. The Morgan fingerprint density at radius 3 is 2.34 bits per heavy atom. The minimum atomic E-state index is 0. The fourth-order valence-corrected chi connectivity index (χ4v) is 5.73. The predicted octanol–water partition coefficient (Wildman–Crippen LogP) is 7.28. The molecule has 0 bridgehead atoms. The zero-order valence-corrected chi connectivity index (χ0v) is 23.5. The molecule has 1 aromatic carbocycles. The van der Waals surface area contributed by atoms with Crippen LogP contribution in [0.4, 0.5) is 0 Å². The van der Waals surface area contributed by atoms with E-state index >= 15 is 0 Å². The summed E-state index contributed by atoms with van der Waals surface area (Å²) in [7, 11) is 0. The highest BCUT2D eigenvalue weighted by Crippen LogP contribution is 2.30. The Labute approximate surface area is 217 Å². The monoisotopic (exact) mass is 550 g/mol. The van der Waals surface area contributed by atoms with Gasteiger partial charge in [0.1, 0.15) is 5.75 Å². The lowest BCUT2D eigenvalue weighted by molar-refractivity contribution is 0.174. The highest BCUT2D eigenvalue weighted by Gasteiger charge is 2.22. The van der Waals surface area contributed by atoms with Gasteiger partial charge in [-0.15, -0.1) is 24.8 Å². The Morgan fingerprint density at radius 2 is 1.72 bits per heavy atom. The number of hydrogen-bond acceptors (Lipinski definition) is 3. The van der Waals surface area contributed by atoms with Crippen LogP contribution < -0.4 is 10.1 Å². The van der Waals surface area contributed by atoms with E-state index in [9.17, 15) is 0 Å². The molecule has 1 N–H and O–H groups in total. The Hall–Kier alpha value is -0.000000000000000111. The van der Waals surface area contributed by atoms with Crippen LogP contribution in [0.3, 0.4) is 0 Å². The van der Waals surface area contributed by atoms with E-state index < -0.39 is 0 Å². The number of nitrogens with one attached hydrogen (secondary N) is 1. The number of ether oxygens (including phenoxy) is 1. The molecule has 1 aliphatic heterocycles. The van der Waals surface area contributed by atoms with E-state index in [0.29, 0.717) is 0 Å². The second-order valence-corrected chi connectivity index (χ2v) is 10.7. The average Bonchev–Trinajstić information content (AvgIpc) is 2.73. The van der Waals surface area contributed by atoms with Gasteiger partial charge in [-0.25, -0.2) is 0 Å². The minimum Gasteiger partial charge on any atom is -0.491 e. The summed E-state index contributed by atoms with van der Waals surface area (Å²) in [5, 5.41) is 3.63. The smallest absolute Gasteiger partial charge is 0.120 e. The molecule has 1 heterocycles. The Bertz CT molecular complexity index is 630. The van der Waals surface area contributed by atoms with E-state index in [-0.39, 0.29) is 30.9 Å². The van der Waals surface area contributed by atoms with Crippen molar-refractivity contribution >= 4 is 40.7 Å². The summed E-state index contributed by atoms with van der Waals surface area (Å²) < 4.78 is 7.12. The molecular formula is C26H45BrCl2N2O. The summed E-state index contributed by atoms with van der Waals surface area (Å²) in [5.41, 5.74) is 1.40. The molecule has 0 aromatic heterocycles. The Morgan fingerprint density at radius 1 is 1.03 bits per heavy atom. The van der Waals surface area contributed by atoms with E-state index in [2.05, 4.69) is 65.1 Å². The van der Waals surface area contributed by atoms with Crippen LogP contribution in [0, 0.1) is 11.8 Å². The Kier molecular flexibility index (Phi) is 14.8. The van der Waals surface area contributed by atoms with Gasteiger partial charge in [-0.2, -0.15) is 0 Å². The first kappa shape index (κ1) is 30.0. The third-order valence-electron chi connectivity index (χ3n) is 7.03. The summed E-state index contributed by atoms with van der Waals surface area (Å²) in [6.45, 7) is 11.4. The number of benzene rings is 1. The van der Waals surface area contributed by atoms with Gasteiger partial charge < -0.3 is 15.0 Å². The predicted molar refractivity (Wildman–Crippen MR) is 146 cm³/mol. The van der Waals surface area contributed by atoms with Crippen molar-refractivity contribution in [2.24, 2.45) is 11.8 Å². The SMILES string of the molecule is CCN[C@H]1CC[C@H](CCCN2CCC(Cc3cc(OC(C)C)ccc3Br)CC2)CC1.Cl.Cl. The summed E-state index contributed by atoms with van der Waals surface area (Å²) in [4.78, 5) is 2.72. The normalized spacial score (nSPS) is 22.3. The van der Waals surface area contributed by atoms with Crippen LogP contribution in [0.1, 0.15) is 77.7 Å². The number of piperidine rings is 1. The van der Waals surface area contributed by atoms with Gasteiger partial charge in [0.2, 0.25) is 0 Å². The lowest BCUT2D eigenvalue weighted by atomic mass is 9.83. The van der Waals surface area contributed by atoms with Crippen LogP contribution in [-0.4, -0.2) is 43.2 Å². The van der Waals surface area contributed by atoms with Crippen LogP contribution in [0.5, 0.6) is 5.75 Å². The lowest BCUT2D eigenvalue weighted by Gasteiger charge is -2.33. The number of likely N-dealkylation sites (tertiary alicyclic amines) is 1. The van der Waals surface area contributed by atoms with Crippen molar-refractivity contribution in [3.63, 3.8) is 0 Å². The number of rotatable bonds is 10. The molecule has 0 spiro atoms. The maximum absolute atomic E-state index is 5.90. The molecule has 0 amide bonds. The fraction of sp³-hybridized carbons (Fsp3) is 0.769. The van der Waals surface area contributed by atoms with E-state index in [1.54, 1.807) is 0 Å². The van der Waals surface area contributed by atoms with Gasteiger partial charge in [-0.1, -0.05) is 22.9 Å². The van der Waals surface area contributed by atoms with Gasteiger partial charge in [0.25, 0.3) is 0 Å². The highest BCUT2D eigenvalue weighted by molar-refractivity contribution is 9.10. The van der Waals surface area contributed by atoms with Crippen molar-refractivity contribution in [2.45, 2.75) is 90.7 Å². The van der Waals surface area contributed by atoms with Crippen molar-refractivity contribution in [1.82, 2.24) is 10.2 Å². The zero-order chi connectivity index (χ0) is 21.3. The molecule has 1 saturated heterocycles. The third-order valence-corrected chi connectivity index (χ3v) is 7.80. The molecule has 0 radical (unpaired) electrons. The fourth-order valence-electron chi connectivity index (χ4n) is 5.33. The van der Waals surface area contributed by atoms with Gasteiger partial charge >= 0.3 is 0 Å². The van der Waals surface area contributed by atoms with Crippen molar-refractivity contribution in [3.05, 3.63) is 28.2 Å². The van der Waals surface area contributed by atoms with Crippen LogP contribution in [-0.2, 0) is 6.42 Å². The second kappa shape index (κ2) is 15.8. The first-order valence-corrected chi connectivity index (χ1v) is 13.2. The van der Waals surface area contributed by atoms with Crippen molar-refractivity contribution in [1.29, 1.82) is 0 Å². The van der Waals surface area contributed by atoms with E-state index in [4.69, 9.17) is 4.74 Å². The molecule has 1 aliphatic carbocycles. The first-order valence-electron chi connectivity index (χ1n) is 12.4. The first-order chi connectivity index (χ1) is 14.5. The molecule has 6 heteroatoms. The molecule has 2 fully saturated rings. The molecule has 3 nitrogen and oxygen atoms in total. The van der Waals surface area contributed by atoms with Crippen LogP contribution in [0.2, 0.25) is 0 Å². The molecular weight excluding hydrogens is 507 g/mol. The maximum atomic E-state index is 5.90. The van der Waals surface area contributed by atoms with E-state index in [1.165, 1.54) is 87.5 Å². The number of nitrogens with zero attached hydrogens (tertiary/aromatic N) is 1. The molecule has 0 atom stereocenters. The summed E-state index contributed by atoms with van der Waals surface area (Å²) in [6, 6.07) is 7.25. The van der Waals surface area contributed by atoms with Gasteiger partial charge in [0, 0.05) is 10.5 Å². The third kappa shape index (κ3) is 10.1.